The summed E-state index contributed by atoms with van der Waals surface area (Å²) < 4.78 is 0. The van der Waals surface area contributed by atoms with E-state index in [0.29, 0.717) is 5.41 Å². The fourth-order valence-electron chi connectivity index (χ4n) is 5.36. The number of hydrogen-bond acceptors (Lipinski definition) is 1. The molecule has 0 radical (unpaired) electrons. The molecular weight excluding hydrogens is 314 g/mol. The standard InChI is InChI=1S/C25H41N/c1-25(2,3)22-18-16-21(17-19-22)11-10-20-26(23-12-6-4-7-13-23)24-14-8-5-9-15-24/h16,22-24H,4-9,12-15,17-20H2,1-3H3. The van der Waals surface area contributed by atoms with Crippen LogP contribution in [0.1, 0.15) is 104 Å². The van der Waals surface area contributed by atoms with Gasteiger partial charge in [-0.3, -0.25) is 4.90 Å². The third kappa shape index (κ3) is 5.63. The third-order valence-electron chi connectivity index (χ3n) is 7.23. The molecule has 2 fully saturated rings. The van der Waals surface area contributed by atoms with E-state index in [2.05, 4.69) is 43.6 Å². The average molecular weight is 356 g/mol. The van der Waals surface area contributed by atoms with Crippen LogP contribution in [0.2, 0.25) is 0 Å². The van der Waals surface area contributed by atoms with Crippen LogP contribution >= 0.6 is 0 Å². The highest BCUT2D eigenvalue weighted by atomic mass is 15.2. The molecule has 0 bridgehead atoms. The molecular formula is C25H41N. The molecule has 3 aliphatic carbocycles. The van der Waals surface area contributed by atoms with Gasteiger partial charge in [-0.15, -0.1) is 0 Å². The number of rotatable bonds is 3. The number of allylic oxidation sites excluding steroid dienone is 2. The van der Waals surface area contributed by atoms with Crippen molar-refractivity contribution in [3.63, 3.8) is 0 Å². The Morgan fingerprint density at radius 2 is 1.46 bits per heavy atom. The molecule has 3 rings (SSSR count). The summed E-state index contributed by atoms with van der Waals surface area (Å²) in [5.74, 6) is 8.01. The minimum atomic E-state index is 0.439. The van der Waals surface area contributed by atoms with Crippen LogP contribution in [-0.2, 0) is 0 Å². The van der Waals surface area contributed by atoms with Crippen LogP contribution in [0.25, 0.3) is 0 Å². The highest BCUT2D eigenvalue weighted by Crippen LogP contribution is 2.37. The van der Waals surface area contributed by atoms with Crippen LogP contribution in [0, 0.1) is 23.2 Å². The quantitative estimate of drug-likeness (QED) is 0.507. The van der Waals surface area contributed by atoms with Gasteiger partial charge < -0.3 is 0 Å². The summed E-state index contributed by atoms with van der Waals surface area (Å²) in [7, 11) is 0. The van der Waals surface area contributed by atoms with E-state index in [1.54, 1.807) is 0 Å². The van der Waals surface area contributed by atoms with Crippen molar-refractivity contribution in [3.8, 4) is 11.8 Å². The lowest BCUT2D eigenvalue weighted by atomic mass is 9.73. The first-order valence-electron chi connectivity index (χ1n) is 11.5. The maximum absolute atomic E-state index is 3.61. The van der Waals surface area contributed by atoms with Gasteiger partial charge >= 0.3 is 0 Å². The van der Waals surface area contributed by atoms with Crippen molar-refractivity contribution in [2.45, 2.75) is 116 Å². The van der Waals surface area contributed by atoms with Gasteiger partial charge in [0.1, 0.15) is 0 Å². The van der Waals surface area contributed by atoms with Gasteiger partial charge in [0.2, 0.25) is 0 Å². The monoisotopic (exact) mass is 355 g/mol. The largest absolute Gasteiger partial charge is 0.286 e. The highest BCUT2D eigenvalue weighted by Gasteiger charge is 2.28. The molecule has 0 aromatic heterocycles. The Hall–Kier alpha value is -0.740. The Balaban J connectivity index is 1.59. The van der Waals surface area contributed by atoms with Gasteiger partial charge in [0.05, 0.1) is 6.54 Å². The van der Waals surface area contributed by atoms with Gasteiger partial charge in [-0.05, 0) is 61.9 Å². The SMILES string of the molecule is CC(C)(C)C1CC=C(C#CCN(C2CCCCC2)C2CCCCC2)CC1. The Labute approximate surface area is 163 Å². The summed E-state index contributed by atoms with van der Waals surface area (Å²) in [5, 5.41) is 0. The van der Waals surface area contributed by atoms with Crippen LogP contribution in [0.4, 0.5) is 0 Å². The van der Waals surface area contributed by atoms with Crippen molar-refractivity contribution < 1.29 is 0 Å². The summed E-state index contributed by atoms with van der Waals surface area (Å²) in [6, 6.07) is 1.62. The zero-order valence-corrected chi connectivity index (χ0v) is 17.7. The van der Waals surface area contributed by atoms with Gasteiger partial charge in [0, 0.05) is 12.1 Å². The van der Waals surface area contributed by atoms with E-state index >= 15 is 0 Å². The lowest BCUT2D eigenvalue weighted by Gasteiger charge is -2.40. The molecule has 2 saturated carbocycles. The van der Waals surface area contributed by atoms with E-state index in [4.69, 9.17) is 0 Å². The van der Waals surface area contributed by atoms with Crippen molar-refractivity contribution in [1.29, 1.82) is 0 Å². The summed E-state index contributed by atoms with van der Waals surface area (Å²) in [5.41, 5.74) is 1.85. The van der Waals surface area contributed by atoms with Crippen molar-refractivity contribution >= 4 is 0 Å². The first-order chi connectivity index (χ1) is 12.5. The van der Waals surface area contributed by atoms with Crippen molar-refractivity contribution in [3.05, 3.63) is 11.6 Å². The van der Waals surface area contributed by atoms with Gasteiger partial charge in [-0.2, -0.15) is 0 Å². The Kier molecular flexibility index (Phi) is 7.27. The molecule has 0 heterocycles. The smallest absolute Gasteiger partial charge is 0.0610 e. The second-order valence-corrected chi connectivity index (χ2v) is 10.1. The Morgan fingerprint density at radius 1 is 0.885 bits per heavy atom. The van der Waals surface area contributed by atoms with Crippen molar-refractivity contribution in [2.24, 2.45) is 11.3 Å². The minimum Gasteiger partial charge on any atom is -0.286 e. The topological polar surface area (TPSA) is 3.24 Å². The number of hydrogen-bond donors (Lipinski definition) is 0. The normalized spacial score (nSPS) is 26.3. The van der Waals surface area contributed by atoms with E-state index < -0.39 is 0 Å². The van der Waals surface area contributed by atoms with E-state index in [0.717, 1.165) is 24.5 Å². The van der Waals surface area contributed by atoms with Crippen LogP contribution in [0.15, 0.2) is 11.6 Å². The zero-order valence-electron chi connectivity index (χ0n) is 17.7. The molecule has 1 nitrogen and oxygen atoms in total. The third-order valence-corrected chi connectivity index (χ3v) is 7.23. The van der Waals surface area contributed by atoms with Gasteiger partial charge in [-0.25, -0.2) is 0 Å². The van der Waals surface area contributed by atoms with E-state index in [1.807, 2.05) is 0 Å². The zero-order chi connectivity index (χ0) is 18.4. The first-order valence-corrected chi connectivity index (χ1v) is 11.5. The molecule has 0 N–H and O–H groups in total. The average Bonchev–Trinajstić information content (AvgIpc) is 2.66. The molecule has 1 unspecified atom stereocenters. The summed E-state index contributed by atoms with van der Waals surface area (Å²) >= 11 is 0. The Bertz CT molecular complexity index is 497. The predicted octanol–water partition coefficient (Wildman–Crippen LogP) is 6.73. The fourth-order valence-corrected chi connectivity index (χ4v) is 5.36. The molecule has 0 spiro atoms. The summed E-state index contributed by atoms with van der Waals surface area (Å²) in [6.07, 6.45) is 20.4. The molecule has 1 atom stereocenters. The lowest BCUT2D eigenvalue weighted by molar-refractivity contribution is 0.0961. The molecule has 3 aliphatic rings. The van der Waals surface area contributed by atoms with Crippen LogP contribution < -0.4 is 0 Å². The second kappa shape index (κ2) is 9.45. The number of nitrogens with zero attached hydrogens (tertiary/aromatic N) is 1. The lowest BCUT2D eigenvalue weighted by Crippen LogP contribution is -2.45. The minimum absolute atomic E-state index is 0.439. The van der Waals surface area contributed by atoms with Gasteiger partial charge in [-0.1, -0.05) is 77.2 Å². The van der Waals surface area contributed by atoms with Crippen molar-refractivity contribution in [1.82, 2.24) is 4.90 Å². The second-order valence-electron chi connectivity index (χ2n) is 10.1. The first kappa shape index (κ1) is 20.0. The van der Waals surface area contributed by atoms with Gasteiger partial charge in [0.25, 0.3) is 0 Å². The van der Waals surface area contributed by atoms with Crippen LogP contribution in [0.3, 0.4) is 0 Å². The molecule has 0 aliphatic heterocycles. The van der Waals surface area contributed by atoms with E-state index in [9.17, 15) is 0 Å². The molecule has 146 valence electrons. The summed E-state index contributed by atoms with van der Waals surface area (Å²) in [4.78, 5) is 2.83. The predicted molar refractivity (Wildman–Crippen MR) is 113 cm³/mol. The molecule has 0 amide bonds. The molecule has 26 heavy (non-hydrogen) atoms. The molecule has 0 saturated heterocycles. The Morgan fingerprint density at radius 3 is 1.92 bits per heavy atom. The van der Waals surface area contributed by atoms with E-state index in [1.165, 1.54) is 89.0 Å². The summed E-state index contributed by atoms with van der Waals surface area (Å²) in [6.45, 7) is 8.16. The van der Waals surface area contributed by atoms with Gasteiger partial charge in [0.15, 0.2) is 0 Å². The van der Waals surface area contributed by atoms with Crippen molar-refractivity contribution in [2.75, 3.05) is 6.54 Å². The molecule has 0 aromatic rings. The van der Waals surface area contributed by atoms with E-state index in [-0.39, 0.29) is 0 Å². The maximum atomic E-state index is 3.61. The molecule has 0 aromatic carbocycles. The maximum Gasteiger partial charge on any atom is 0.0610 e. The fraction of sp³-hybridized carbons (Fsp3) is 0.840. The van der Waals surface area contributed by atoms with Crippen LogP contribution in [-0.4, -0.2) is 23.5 Å². The highest BCUT2D eigenvalue weighted by molar-refractivity contribution is 5.30. The molecule has 1 heteroatoms. The van der Waals surface area contributed by atoms with Crippen LogP contribution in [0.5, 0.6) is 0 Å².